The summed E-state index contributed by atoms with van der Waals surface area (Å²) in [6.45, 7) is 4.40. The van der Waals surface area contributed by atoms with Crippen LogP contribution in [0.25, 0.3) is 0 Å². The molecule has 1 heterocycles. The molecule has 30 heavy (non-hydrogen) atoms. The molecule has 1 N–H and O–H groups in total. The first-order valence-corrected chi connectivity index (χ1v) is 10.0. The molecular weight excluding hydrogens is 404 g/mol. The second kappa shape index (κ2) is 10.3. The second-order valence-corrected chi connectivity index (χ2v) is 7.49. The molecule has 8 heteroatoms. The van der Waals surface area contributed by atoms with Crippen LogP contribution in [-0.4, -0.2) is 62.7 Å². The number of amides is 1. The number of hydrogen-bond donors (Lipinski definition) is 1. The highest BCUT2D eigenvalue weighted by Crippen LogP contribution is 2.25. The fourth-order valence-corrected chi connectivity index (χ4v) is 3.66. The standard InChI is InChI=1S/C22H25ClN4O3/c1-29-19-5-6-21(30-2)17(11-19)14-26-7-9-27(10-8-26)15-22(28)25-18-4-3-16(13-24)20(23)12-18/h3-6,11-12H,7-10,14-15H2,1-2H3,(H,25,28). The van der Waals surface area contributed by atoms with Gasteiger partial charge in [0.25, 0.3) is 0 Å². The van der Waals surface area contributed by atoms with Gasteiger partial charge in [-0.1, -0.05) is 11.6 Å². The third kappa shape index (κ3) is 5.63. The van der Waals surface area contributed by atoms with Gasteiger partial charge in [0.05, 0.1) is 31.4 Å². The smallest absolute Gasteiger partial charge is 0.238 e. The van der Waals surface area contributed by atoms with E-state index in [0.717, 1.165) is 49.8 Å². The van der Waals surface area contributed by atoms with Crippen LogP contribution in [0.1, 0.15) is 11.1 Å². The van der Waals surface area contributed by atoms with Crippen molar-refractivity contribution in [3.63, 3.8) is 0 Å². The summed E-state index contributed by atoms with van der Waals surface area (Å²) in [5, 5.41) is 12.1. The van der Waals surface area contributed by atoms with Gasteiger partial charge in [0, 0.05) is 44.0 Å². The molecule has 0 spiro atoms. The summed E-state index contributed by atoms with van der Waals surface area (Å²) in [5.41, 5.74) is 2.06. The van der Waals surface area contributed by atoms with E-state index in [1.54, 1.807) is 32.4 Å². The van der Waals surface area contributed by atoms with Gasteiger partial charge < -0.3 is 14.8 Å². The summed E-state index contributed by atoms with van der Waals surface area (Å²) in [6.07, 6.45) is 0. The number of nitrogens with zero attached hydrogens (tertiary/aromatic N) is 3. The summed E-state index contributed by atoms with van der Waals surface area (Å²) in [7, 11) is 3.32. The van der Waals surface area contributed by atoms with Crippen molar-refractivity contribution in [1.82, 2.24) is 9.80 Å². The van der Waals surface area contributed by atoms with Crippen molar-refractivity contribution in [3.8, 4) is 17.6 Å². The molecule has 1 aliphatic rings. The molecule has 0 saturated carbocycles. The third-order valence-electron chi connectivity index (χ3n) is 5.09. The van der Waals surface area contributed by atoms with Crippen LogP contribution in [0.5, 0.6) is 11.5 Å². The lowest BCUT2D eigenvalue weighted by molar-refractivity contribution is -0.117. The molecule has 0 bridgehead atoms. The summed E-state index contributed by atoms with van der Waals surface area (Å²) in [5.74, 6) is 1.56. The SMILES string of the molecule is COc1ccc(OC)c(CN2CCN(CC(=O)Nc3ccc(C#N)c(Cl)c3)CC2)c1. The number of hydrogen-bond acceptors (Lipinski definition) is 6. The van der Waals surface area contributed by atoms with Crippen LogP contribution in [0.2, 0.25) is 5.02 Å². The minimum atomic E-state index is -0.0984. The Bertz CT molecular complexity index is 936. The number of anilines is 1. The molecular formula is C22H25ClN4O3. The van der Waals surface area contributed by atoms with Gasteiger partial charge in [0.1, 0.15) is 17.6 Å². The topological polar surface area (TPSA) is 77.8 Å². The van der Waals surface area contributed by atoms with Gasteiger partial charge in [-0.2, -0.15) is 5.26 Å². The molecule has 1 amide bonds. The van der Waals surface area contributed by atoms with E-state index in [1.807, 2.05) is 24.3 Å². The van der Waals surface area contributed by atoms with Crippen LogP contribution in [0.3, 0.4) is 0 Å². The maximum absolute atomic E-state index is 12.4. The van der Waals surface area contributed by atoms with E-state index in [2.05, 4.69) is 15.1 Å². The van der Waals surface area contributed by atoms with E-state index in [-0.39, 0.29) is 5.91 Å². The number of benzene rings is 2. The summed E-state index contributed by atoms with van der Waals surface area (Å²) >= 11 is 6.02. The number of piperazine rings is 1. The predicted molar refractivity (Wildman–Crippen MR) is 116 cm³/mol. The molecule has 0 unspecified atom stereocenters. The average molecular weight is 429 g/mol. The molecule has 2 aromatic rings. The van der Waals surface area contributed by atoms with E-state index in [9.17, 15) is 4.79 Å². The highest BCUT2D eigenvalue weighted by atomic mass is 35.5. The highest BCUT2D eigenvalue weighted by molar-refractivity contribution is 6.32. The number of nitriles is 1. The number of halogens is 1. The van der Waals surface area contributed by atoms with E-state index >= 15 is 0 Å². The van der Waals surface area contributed by atoms with Crippen molar-refractivity contribution in [2.45, 2.75) is 6.54 Å². The Morgan fingerprint density at radius 2 is 1.83 bits per heavy atom. The molecule has 0 radical (unpaired) electrons. The molecule has 0 aromatic heterocycles. The molecule has 1 fully saturated rings. The third-order valence-corrected chi connectivity index (χ3v) is 5.40. The first kappa shape index (κ1) is 21.9. The van der Waals surface area contributed by atoms with Gasteiger partial charge in [0.15, 0.2) is 0 Å². The Labute approximate surface area is 181 Å². The Morgan fingerprint density at radius 3 is 2.47 bits per heavy atom. The summed E-state index contributed by atoms with van der Waals surface area (Å²) < 4.78 is 10.8. The van der Waals surface area contributed by atoms with Crippen LogP contribution in [0.4, 0.5) is 5.69 Å². The van der Waals surface area contributed by atoms with Gasteiger partial charge in [-0.3, -0.25) is 14.6 Å². The monoisotopic (exact) mass is 428 g/mol. The van der Waals surface area contributed by atoms with E-state index in [0.29, 0.717) is 22.8 Å². The summed E-state index contributed by atoms with van der Waals surface area (Å²) in [6, 6.07) is 12.7. The zero-order valence-electron chi connectivity index (χ0n) is 17.2. The molecule has 3 rings (SSSR count). The minimum Gasteiger partial charge on any atom is -0.497 e. The molecule has 7 nitrogen and oxygen atoms in total. The lowest BCUT2D eigenvalue weighted by atomic mass is 10.1. The summed E-state index contributed by atoms with van der Waals surface area (Å²) in [4.78, 5) is 16.8. The van der Waals surface area contributed by atoms with Crippen molar-refractivity contribution in [2.75, 3.05) is 52.3 Å². The number of carbonyl (C=O) groups is 1. The maximum Gasteiger partial charge on any atom is 0.238 e. The van der Waals surface area contributed by atoms with Gasteiger partial charge in [-0.15, -0.1) is 0 Å². The quantitative estimate of drug-likeness (QED) is 0.730. The van der Waals surface area contributed by atoms with Crippen LogP contribution in [0, 0.1) is 11.3 Å². The Balaban J connectivity index is 1.49. The number of methoxy groups -OCH3 is 2. The molecule has 2 aromatic carbocycles. The molecule has 0 aliphatic carbocycles. The Kier molecular flexibility index (Phi) is 7.52. The predicted octanol–water partition coefficient (Wildman–Crippen LogP) is 2.99. The Hall–Kier alpha value is -2.79. The van der Waals surface area contributed by atoms with Crippen LogP contribution < -0.4 is 14.8 Å². The van der Waals surface area contributed by atoms with Gasteiger partial charge >= 0.3 is 0 Å². The number of ether oxygens (including phenoxy) is 2. The minimum absolute atomic E-state index is 0.0984. The molecule has 1 saturated heterocycles. The number of rotatable bonds is 7. The van der Waals surface area contributed by atoms with E-state index < -0.39 is 0 Å². The highest BCUT2D eigenvalue weighted by Gasteiger charge is 2.20. The fourth-order valence-electron chi connectivity index (χ4n) is 3.44. The first-order valence-electron chi connectivity index (χ1n) is 9.67. The zero-order valence-corrected chi connectivity index (χ0v) is 17.9. The normalized spacial score (nSPS) is 14.7. The van der Waals surface area contributed by atoms with Crippen LogP contribution >= 0.6 is 11.6 Å². The number of carbonyl (C=O) groups excluding carboxylic acids is 1. The van der Waals surface area contributed by atoms with Crippen molar-refractivity contribution in [1.29, 1.82) is 5.26 Å². The van der Waals surface area contributed by atoms with Gasteiger partial charge in [-0.25, -0.2) is 0 Å². The van der Waals surface area contributed by atoms with Crippen LogP contribution in [0.15, 0.2) is 36.4 Å². The van der Waals surface area contributed by atoms with Gasteiger partial charge in [-0.05, 0) is 36.4 Å². The first-order chi connectivity index (χ1) is 14.5. The molecule has 0 atom stereocenters. The lowest BCUT2D eigenvalue weighted by Gasteiger charge is -2.34. The average Bonchev–Trinajstić information content (AvgIpc) is 2.75. The molecule has 158 valence electrons. The van der Waals surface area contributed by atoms with Crippen molar-refractivity contribution >= 4 is 23.2 Å². The van der Waals surface area contributed by atoms with E-state index in [1.165, 1.54) is 0 Å². The van der Waals surface area contributed by atoms with Crippen LogP contribution in [-0.2, 0) is 11.3 Å². The number of nitrogens with one attached hydrogen (secondary N) is 1. The lowest BCUT2D eigenvalue weighted by Crippen LogP contribution is -2.48. The molecule has 1 aliphatic heterocycles. The largest absolute Gasteiger partial charge is 0.497 e. The van der Waals surface area contributed by atoms with E-state index in [4.69, 9.17) is 26.3 Å². The van der Waals surface area contributed by atoms with Crippen molar-refractivity contribution in [2.24, 2.45) is 0 Å². The zero-order chi connectivity index (χ0) is 21.5. The van der Waals surface area contributed by atoms with Crippen molar-refractivity contribution in [3.05, 3.63) is 52.5 Å². The van der Waals surface area contributed by atoms with Crippen molar-refractivity contribution < 1.29 is 14.3 Å². The fraction of sp³-hybridized carbons (Fsp3) is 0.364. The maximum atomic E-state index is 12.4. The second-order valence-electron chi connectivity index (χ2n) is 7.08. The Morgan fingerprint density at radius 1 is 1.10 bits per heavy atom. The van der Waals surface area contributed by atoms with Gasteiger partial charge in [0.2, 0.25) is 5.91 Å².